The van der Waals surface area contributed by atoms with Gasteiger partial charge < -0.3 is 9.64 Å². The molecular weight excluding hydrogens is 250 g/mol. The highest BCUT2D eigenvalue weighted by molar-refractivity contribution is 8.14. The second-order valence-electron chi connectivity index (χ2n) is 6.48. The Labute approximate surface area is 112 Å². The van der Waals surface area contributed by atoms with Crippen LogP contribution in [0, 0.1) is 5.41 Å². The highest BCUT2D eigenvalue weighted by Crippen LogP contribution is 2.52. The van der Waals surface area contributed by atoms with E-state index in [4.69, 9.17) is 4.74 Å². The van der Waals surface area contributed by atoms with Crippen molar-refractivity contribution in [1.82, 2.24) is 4.90 Å². The molecule has 1 heterocycles. The van der Waals surface area contributed by atoms with Gasteiger partial charge in [-0.15, -0.1) is 0 Å². The molecule has 0 radical (unpaired) electrons. The molecule has 0 aromatic rings. The Kier molecular flexibility index (Phi) is 3.38. The lowest BCUT2D eigenvalue weighted by molar-refractivity contribution is -0.109. The van der Waals surface area contributed by atoms with Crippen LogP contribution in [0.4, 0.5) is 4.79 Å². The number of hydrogen-bond acceptors (Lipinski definition) is 4. The van der Waals surface area contributed by atoms with Crippen LogP contribution in [-0.4, -0.2) is 40.0 Å². The quantitative estimate of drug-likeness (QED) is 0.735. The summed E-state index contributed by atoms with van der Waals surface area (Å²) < 4.78 is 5.32. The van der Waals surface area contributed by atoms with Gasteiger partial charge in [0.05, 0.1) is 0 Å². The standard InChI is InChI=1S/C13H21NO3S/c1-9(15)18-10-5-13(6-10)7-14(8-13)11(16)17-12(2,3)4/h10H,5-8H2,1-4H3. The van der Waals surface area contributed by atoms with Crippen molar-refractivity contribution in [3.05, 3.63) is 0 Å². The Hall–Kier alpha value is -0.710. The number of nitrogens with zero attached hydrogens (tertiary/aromatic N) is 1. The maximum atomic E-state index is 11.8. The van der Waals surface area contributed by atoms with Crippen molar-refractivity contribution in [2.45, 2.75) is 51.4 Å². The SMILES string of the molecule is CC(=O)SC1CC2(C1)CN(C(=O)OC(C)(C)C)C2. The van der Waals surface area contributed by atoms with E-state index in [1.807, 2.05) is 20.8 Å². The Morgan fingerprint density at radius 3 is 2.28 bits per heavy atom. The van der Waals surface area contributed by atoms with Crippen molar-refractivity contribution >= 4 is 23.0 Å². The number of ether oxygens (including phenoxy) is 1. The molecule has 4 nitrogen and oxygen atoms in total. The Balaban J connectivity index is 1.72. The minimum absolute atomic E-state index is 0.193. The van der Waals surface area contributed by atoms with E-state index in [1.54, 1.807) is 11.8 Å². The summed E-state index contributed by atoms with van der Waals surface area (Å²) in [5.74, 6) is 0. The monoisotopic (exact) mass is 271 g/mol. The van der Waals surface area contributed by atoms with Crippen molar-refractivity contribution in [2.24, 2.45) is 5.41 Å². The molecular formula is C13H21NO3S. The summed E-state index contributed by atoms with van der Waals surface area (Å²) >= 11 is 1.44. The van der Waals surface area contributed by atoms with E-state index in [1.165, 1.54) is 11.8 Å². The van der Waals surface area contributed by atoms with Gasteiger partial charge >= 0.3 is 6.09 Å². The molecule has 1 spiro atoms. The Bertz CT molecular complexity index is 361. The lowest BCUT2D eigenvalue weighted by Gasteiger charge is -2.58. The van der Waals surface area contributed by atoms with E-state index in [2.05, 4.69) is 0 Å². The third-order valence-electron chi connectivity index (χ3n) is 3.36. The maximum Gasteiger partial charge on any atom is 0.410 e. The van der Waals surface area contributed by atoms with Gasteiger partial charge in [-0.3, -0.25) is 4.79 Å². The molecule has 0 N–H and O–H groups in total. The molecule has 0 aromatic heterocycles. The molecule has 1 aliphatic carbocycles. The third kappa shape index (κ3) is 2.99. The molecule has 0 bridgehead atoms. The van der Waals surface area contributed by atoms with E-state index in [0.29, 0.717) is 5.25 Å². The summed E-state index contributed by atoms with van der Waals surface area (Å²) in [6.45, 7) is 8.83. The molecule has 1 saturated carbocycles. The fraction of sp³-hybridized carbons (Fsp3) is 0.846. The Morgan fingerprint density at radius 2 is 1.83 bits per heavy atom. The van der Waals surface area contributed by atoms with Crippen LogP contribution in [0.15, 0.2) is 0 Å². The predicted octanol–water partition coefficient (Wildman–Crippen LogP) is 2.67. The van der Waals surface area contributed by atoms with Gasteiger partial charge in [-0.05, 0) is 33.6 Å². The van der Waals surface area contributed by atoms with E-state index in [9.17, 15) is 9.59 Å². The summed E-state index contributed by atoms with van der Waals surface area (Å²) in [5, 5.41) is 0.654. The second-order valence-corrected chi connectivity index (χ2v) is 7.95. The number of rotatable bonds is 1. The second kappa shape index (κ2) is 4.44. The van der Waals surface area contributed by atoms with Gasteiger partial charge in [0.25, 0.3) is 0 Å². The highest BCUT2D eigenvalue weighted by atomic mass is 32.2. The molecule has 0 aromatic carbocycles. The van der Waals surface area contributed by atoms with Gasteiger partial charge in [0.1, 0.15) is 5.60 Å². The van der Waals surface area contributed by atoms with Gasteiger partial charge in [-0.2, -0.15) is 0 Å². The zero-order chi connectivity index (χ0) is 13.6. The molecule has 2 fully saturated rings. The van der Waals surface area contributed by atoms with Crippen LogP contribution in [0.5, 0.6) is 0 Å². The molecule has 0 atom stereocenters. The van der Waals surface area contributed by atoms with Crippen LogP contribution in [0.1, 0.15) is 40.5 Å². The van der Waals surface area contributed by atoms with Crippen molar-refractivity contribution in [3.63, 3.8) is 0 Å². The molecule has 2 rings (SSSR count). The predicted molar refractivity (Wildman–Crippen MR) is 71.5 cm³/mol. The topological polar surface area (TPSA) is 46.6 Å². The molecule has 2 aliphatic rings. The van der Waals surface area contributed by atoms with Gasteiger partial charge in [0.2, 0.25) is 0 Å². The maximum absolute atomic E-state index is 11.8. The summed E-state index contributed by atoms with van der Waals surface area (Å²) in [6, 6.07) is 0. The molecule has 1 saturated heterocycles. The highest BCUT2D eigenvalue weighted by Gasteiger charge is 2.54. The number of carbonyl (C=O) groups excluding carboxylic acids is 2. The number of likely N-dealkylation sites (tertiary alicyclic amines) is 1. The van der Waals surface area contributed by atoms with Crippen LogP contribution in [0.3, 0.4) is 0 Å². The van der Waals surface area contributed by atoms with Gasteiger partial charge in [0.15, 0.2) is 5.12 Å². The van der Waals surface area contributed by atoms with E-state index in [-0.39, 0.29) is 16.6 Å². The van der Waals surface area contributed by atoms with Crippen molar-refractivity contribution < 1.29 is 14.3 Å². The van der Waals surface area contributed by atoms with Crippen molar-refractivity contribution in [2.75, 3.05) is 13.1 Å². The fourth-order valence-corrected chi connectivity index (χ4v) is 4.04. The summed E-state index contributed by atoms with van der Waals surface area (Å²) in [4.78, 5) is 24.5. The fourth-order valence-electron chi connectivity index (χ4n) is 2.70. The smallest absolute Gasteiger partial charge is 0.410 e. The lowest BCUT2D eigenvalue weighted by Crippen LogP contribution is -2.65. The number of amides is 1. The van der Waals surface area contributed by atoms with E-state index >= 15 is 0 Å². The van der Waals surface area contributed by atoms with Crippen molar-refractivity contribution in [3.8, 4) is 0 Å². The summed E-state index contributed by atoms with van der Waals surface area (Å²) in [5.41, 5.74) is -0.142. The first-order valence-electron chi connectivity index (χ1n) is 6.34. The first kappa shape index (κ1) is 13.7. The average Bonchev–Trinajstić information content (AvgIpc) is 2.02. The largest absolute Gasteiger partial charge is 0.444 e. The lowest BCUT2D eigenvalue weighted by atomic mass is 9.63. The van der Waals surface area contributed by atoms with Crippen LogP contribution in [0.2, 0.25) is 0 Å². The van der Waals surface area contributed by atoms with E-state index in [0.717, 1.165) is 25.9 Å². The number of carbonyl (C=O) groups is 2. The van der Waals surface area contributed by atoms with Crippen LogP contribution in [-0.2, 0) is 9.53 Å². The first-order valence-corrected chi connectivity index (χ1v) is 7.22. The van der Waals surface area contributed by atoms with Crippen LogP contribution in [0.25, 0.3) is 0 Å². The number of hydrogen-bond donors (Lipinski definition) is 0. The zero-order valence-electron chi connectivity index (χ0n) is 11.5. The zero-order valence-corrected chi connectivity index (χ0v) is 12.3. The van der Waals surface area contributed by atoms with E-state index < -0.39 is 5.60 Å². The average molecular weight is 271 g/mol. The van der Waals surface area contributed by atoms with Gasteiger partial charge in [0, 0.05) is 30.7 Å². The van der Waals surface area contributed by atoms with Crippen LogP contribution >= 0.6 is 11.8 Å². The van der Waals surface area contributed by atoms with Gasteiger partial charge in [-0.1, -0.05) is 11.8 Å². The normalized spacial score (nSPS) is 22.3. The number of thioether (sulfide) groups is 1. The first-order chi connectivity index (χ1) is 8.19. The molecule has 1 aliphatic heterocycles. The van der Waals surface area contributed by atoms with Crippen molar-refractivity contribution in [1.29, 1.82) is 0 Å². The summed E-state index contributed by atoms with van der Waals surface area (Å²) in [7, 11) is 0. The minimum atomic E-state index is -0.424. The molecule has 18 heavy (non-hydrogen) atoms. The van der Waals surface area contributed by atoms with Gasteiger partial charge in [-0.25, -0.2) is 4.79 Å². The minimum Gasteiger partial charge on any atom is -0.444 e. The molecule has 5 heteroatoms. The molecule has 0 unspecified atom stereocenters. The molecule has 102 valence electrons. The summed E-state index contributed by atoms with van der Waals surface area (Å²) in [6.07, 6.45) is 1.89. The Morgan fingerprint density at radius 1 is 1.28 bits per heavy atom. The third-order valence-corrected chi connectivity index (χ3v) is 4.36. The van der Waals surface area contributed by atoms with Crippen LogP contribution < -0.4 is 0 Å². The molecule has 1 amide bonds.